The zero-order valence-corrected chi connectivity index (χ0v) is 17.0. The summed E-state index contributed by atoms with van der Waals surface area (Å²) in [4.78, 5) is 35.0. The largest absolute Gasteiger partial charge is 0.369 e. The summed E-state index contributed by atoms with van der Waals surface area (Å²) >= 11 is 7.55. The monoisotopic (exact) mass is 420 g/mol. The van der Waals surface area contributed by atoms with Gasteiger partial charge in [0.1, 0.15) is 22.3 Å². The molecule has 9 heteroatoms. The van der Waals surface area contributed by atoms with E-state index in [1.807, 2.05) is 12.3 Å². The Labute approximate surface area is 169 Å². The van der Waals surface area contributed by atoms with Crippen molar-refractivity contribution in [2.45, 2.75) is 27.2 Å². The van der Waals surface area contributed by atoms with Gasteiger partial charge in [0.2, 0.25) is 5.91 Å². The number of H-pyrrole nitrogens is 1. The van der Waals surface area contributed by atoms with Gasteiger partial charge in [-0.2, -0.15) is 0 Å². The summed E-state index contributed by atoms with van der Waals surface area (Å²) in [6.45, 7) is 5.10. The topological polar surface area (TPSA) is 102 Å². The smallest absolute Gasteiger partial charge is 0.251 e. The third-order valence-electron chi connectivity index (χ3n) is 4.29. The van der Waals surface area contributed by atoms with E-state index in [0.717, 1.165) is 5.69 Å². The molecule has 6 nitrogen and oxygen atoms in total. The van der Waals surface area contributed by atoms with Crippen LogP contribution in [0.3, 0.4) is 0 Å². The lowest BCUT2D eigenvalue weighted by molar-refractivity contribution is -0.125. The zero-order valence-electron chi connectivity index (χ0n) is 15.5. The highest BCUT2D eigenvalue weighted by atomic mass is 35.5. The van der Waals surface area contributed by atoms with Gasteiger partial charge in [-0.3, -0.25) is 9.59 Å². The molecule has 1 amide bonds. The molecular formula is C19H18ClFN4O2S. The minimum Gasteiger partial charge on any atom is -0.369 e. The van der Waals surface area contributed by atoms with Crippen LogP contribution in [0.1, 0.15) is 25.1 Å². The normalized spacial score (nSPS) is 11.6. The molecule has 28 heavy (non-hydrogen) atoms. The summed E-state index contributed by atoms with van der Waals surface area (Å²) in [6.07, 6.45) is 0.0773. The maximum atomic E-state index is 15.3. The van der Waals surface area contributed by atoms with Crippen molar-refractivity contribution >= 4 is 28.8 Å². The number of nitrogens with one attached hydrogen (secondary N) is 1. The number of aromatic amines is 1. The van der Waals surface area contributed by atoms with Gasteiger partial charge in [0.15, 0.2) is 0 Å². The third kappa shape index (κ3) is 3.98. The van der Waals surface area contributed by atoms with Crippen molar-refractivity contribution in [2.24, 2.45) is 11.1 Å². The fourth-order valence-electron chi connectivity index (χ4n) is 2.67. The average molecular weight is 421 g/mol. The Bertz CT molecular complexity index is 1120. The van der Waals surface area contributed by atoms with Crippen LogP contribution in [0.5, 0.6) is 0 Å². The summed E-state index contributed by atoms with van der Waals surface area (Å²) < 4.78 is 15.3. The molecule has 0 bridgehead atoms. The van der Waals surface area contributed by atoms with E-state index in [9.17, 15) is 9.59 Å². The Morgan fingerprint density at radius 3 is 2.68 bits per heavy atom. The van der Waals surface area contributed by atoms with E-state index in [-0.39, 0.29) is 28.4 Å². The lowest BCUT2D eigenvalue weighted by Gasteiger charge is -2.21. The summed E-state index contributed by atoms with van der Waals surface area (Å²) in [5.41, 5.74) is 5.34. The predicted molar refractivity (Wildman–Crippen MR) is 108 cm³/mol. The number of carbonyl (C=O) groups excluding carboxylic acids is 1. The number of hydrogen-bond donors (Lipinski definition) is 2. The Kier molecular flexibility index (Phi) is 5.36. The van der Waals surface area contributed by atoms with Crippen LogP contribution >= 0.6 is 22.9 Å². The van der Waals surface area contributed by atoms with Crippen LogP contribution in [-0.4, -0.2) is 20.9 Å². The lowest BCUT2D eigenvalue weighted by Crippen LogP contribution is -2.33. The second-order valence-electron chi connectivity index (χ2n) is 7.09. The molecule has 2 aromatic heterocycles. The number of thiazole rings is 1. The number of amides is 1. The molecule has 0 unspecified atom stereocenters. The first-order valence-electron chi connectivity index (χ1n) is 8.39. The number of nitrogens with two attached hydrogens (primary N) is 1. The molecule has 0 atom stereocenters. The molecule has 0 aliphatic heterocycles. The van der Waals surface area contributed by atoms with Gasteiger partial charge in [0.25, 0.3) is 5.56 Å². The Hall–Kier alpha value is -2.58. The molecule has 0 fully saturated rings. The van der Waals surface area contributed by atoms with Crippen LogP contribution in [0.15, 0.2) is 28.4 Å². The molecule has 146 valence electrons. The van der Waals surface area contributed by atoms with E-state index in [4.69, 9.17) is 17.3 Å². The lowest BCUT2D eigenvalue weighted by atomic mass is 9.84. The number of aryl methyl sites for hydroxylation is 1. The molecule has 3 aromatic rings. The number of benzene rings is 1. The van der Waals surface area contributed by atoms with Gasteiger partial charge in [-0.25, -0.2) is 14.4 Å². The molecule has 0 saturated heterocycles. The summed E-state index contributed by atoms with van der Waals surface area (Å²) in [5.74, 6) is -1.20. The van der Waals surface area contributed by atoms with E-state index < -0.39 is 22.7 Å². The van der Waals surface area contributed by atoms with E-state index in [1.54, 1.807) is 13.8 Å². The first-order valence-corrected chi connectivity index (χ1v) is 9.65. The van der Waals surface area contributed by atoms with Crippen LogP contribution in [0.25, 0.3) is 22.1 Å². The number of nitrogens with zero attached hydrogens (tertiary/aromatic N) is 2. The predicted octanol–water partition coefficient (Wildman–Crippen LogP) is 3.72. The number of primary amides is 1. The molecule has 2 heterocycles. The van der Waals surface area contributed by atoms with Crippen molar-refractivity contribution in [2.75, 3.05) is 0 Å². The zero-order chi connectivity index (χ0) is 20.6. The van der Waals surface area contributed by atoms with Crippen molar-refractivity contribution in [3.8, 4) is 22.1 Å². The quantitative estimate of drug-likeness (QED) is 0.656. The van der Waals surface area contributed by atoms with Crippen LogP contribution in [0.2, 0.25) is 5.02 Å². The second-order valence-corrected chi connectivity index (χ2v) is 8.36. The van der Waals surface area contributed by atoms with Gasteiger partial charge in [-0.15, -0.1) is 11.3 Å². The second kappa shape index (κ2) is 7.44. The van der Waals surface area contributed by atoms with Gasteiger partial charge in [-0.1, -0.05) is 31.5 Å². The molecule has 0 radical (unpaired) electrons. The minimum atomic E-state index is -0.951. The summed E-state index contributed by atoms with van der Waals surface area (Å²) in [7, 11) is 0. The number of carbonyl (C=O) groups is 1. The molecule has 3 N–H and O–H groups in total. The van der Waals surface area contributed by atoms with Gasteiger partial charge in [0, 0.05) is 22.6 Å². The molecular weight excluding hydrogens is 403 g/mol. The SMILES string of the molecule is Cc1csc(-c2cc(=O)[nH]c(-c3c(Cl)ccc(CC(C)(C)C(N)=O)c3F)n2)n1. The van der Waals surface area contributed by atoms with E-state index in [2.05, 4.69) is 15.0 Å². The van der Waals surface area contributed by atoms with Crippen LogP contribution in [-0.2, 0) is 11.2 Å². The van der Waals surface area contributed by atoms with E-state index in [0.29, 0.717) is 10.7 Å². The van der Waals surface area contributed by atoms with Crippen LogP contribution in [0.4, 0.5) is 4.39 Å². The fourth-order valence-corrected chi connectivity index (χ4v) is 3.66. The van der Waals surface area contributed by atoms with Crippen molar-refractivity contribution in [3.05, 3.63) is 56.0 Å². The van der Waals surface area contributed by atoms with Gasteiger partial charge >= 0.3 is 0 Å². The minimum absolute atomic E-state index is 0.00316. The Morgan fingerprint density at radius 2 is 2.07 bits per heavy atom. The fraction of sp³-hybridized carbons (Fsp3) is 0.263. The summed E-state index contributed by atoms with van der Waals surface area (Å²) in [6, 6.07) is 4.30. The maximum absolute atomic E-state index is 15.3. The molecule has 0 aliphatic carbocycles. The molecule has 0 spiro atoms. The number of hydrogen-bond acceptors (Lipinski definition) is 5. The maximum Gasteiger partial charge on any atom is 0.251 e. The first-order chi connectivity index (χ1) is 13.1. The van der Waals surface area contributed by atoms with Crippen molar-refractivity contribution in [1.82, 2.24) is 15.0 Å². The van der Waals surface area contributed by atoms with Gasteiger partial charge in [-0.05, 0) is 25.0 Å². The number of aromatic nitrogens is 3. The van der Waals surface area contributed by atoms with E-state index in [1.165, 1.54) is 29.5 Å². The van der Waals surface area contributed by atoms with Gasteiger partial charge < -0.3 is 10.7 Å². The number of rotatable bonds is 5. The Balaban J connectivity index is 2.14. The van der Waals surface area contributed by atoms with Crippen molar-refractivity contribution in [3.63, 3.8) is 0 Å². The first kappa shape index (κ1) is 20.2. The number of halogens is 2. The molecule has 1 aromatic carbocycles. The van der Waals surface area contributed by atoms with Crippen LogP contribution < -0.4 is 11.3 Å². The molecule has 3 rings (SSSR count). The standard InChI is InChI=1S/C19H18ClFN4O2S/c1-9-8-28-17(23-9)12-6-13(26)25-16(24-12)14-11(20)5-4-10(15(14)21)7-19(2,3)18(22)27/h4-6,8H,7H2,1-3H3,(H2,22,27)(H,24,25,26). The average Bonchev–Trinajstić information content (AvgIpc) is 3.03. The summed E-state index contributed by atoms with van der Waals surface area (Å²) in [5, 5.41) is 2.47. The highest BCUT2D eigenvalue weighted by molar-refractivity contribution is 7.13. The van der Waals surface area contributed by atoms with Gasteiger partial charge in [0.05, 0.1) is 10.6 Å². The third-order valence-corrected chi connectivity index (χ3v) is 5.58. The van der Waals surface area contributed by atoms with Crippen molar-refractivity contribution < 1.29 is 9.18 Å². The van der Waals surface area contributed by atoms with E-state index >= 15 is 4.39 Å². The highest BCUT2D eigenvalue weighted by Gasteiger charge is 2.28. The molecule has 0 saturated carbocycles. The van der Waals surface area contributed by atoms with Crippen molar-refractivity contribution in [1.29, 1.82) is 0 Å². The highest BCUT2D eigenvalue weighted by Crippen LogP contribution is 2.33. The molecule has 0 aliphatic rings. The Morgan fingerprint density at radius 1 is 1.36 bits per heavy atom. The van der Waals surface area contributed by atoms with Crippen LogP contribution in [0, 0.1) is 18.2 Å².